The highest BCUT2D eigenvalue weighted by atomic mass is 35.5. The number of aromatic nitrogens is 2. The Kier molecular flexibility index (Phi) is 4.39. The van der Waals surface area contributed by atoms with E-state index in [1.54, 1.807) is 16.9 Å². The Balaban J connectivity index is 1.99. The third-order valence-electron chi connectivity index (χ3n) is 2.83. The first-order chi connectivity index (χ1) is 9.47. The van der Waals surface area contributed by atoms with Gasteiger partial charge in [0, 0.05) is 18.8 Å². The molecule has 6 heteroatoms. The topological polar surface area (TPSA) is 46.9 Å². The molecular formula is C14H15ClFN3O. The van der Waals surface area contributed by atoms with Crippen molar-refractivity contribution < 1.29 is 9.18 Å². The average Bonchev–Trinajstić information content (AvgIpc) is 2.89. The highest BCUT2D eigenvalue weighted by Gasteiger charge is 2.10. The van der Waals surface area contributed by atoms with Crippen LogP contribution in [0.5, 0.6) is 0 Å². The van der Waals surface area contributed by atoms with Crippen LogP contribution >= 0.6 is 11.6 Å². The van der Waals surface area contributed by atoms with E-state index in [4.69, 9.17) is 11.6 Å². The Morgan fingerprint density at radius 1 is 1.50 bits per heavy atom. The predicted molar refractivity (Wildman–Crippen MR) is 75.2 cm³/mol. The maximum absolute atomic E-state index is 13.0. The molecule has 1 aromatic carbocycles. The van der Waals surface area contributed by atoms with Crippen molar-refractivity contribution in [3.05, 3.63) is 52.6 Å². The van der Waals surface area contributed by atoms with E-state index in [2.05, 4.69) is 10.4 Å². The molecule has 2 rings (SSSR count). The van der Waals surface area contributed by atoms with Gasteiger partial charge in [-0.2, -0.15) is 5.10 Å². The minimum Gasteiger partial charge on any atom is -0.348 e. The van der Waals surface area contributed by atoms with E-state index < -0.39 is 5.82 Å². The first-order valence-corrected chi connectivity index (χ1v) is 6.61. The maximum atomic E-state index is 13.0. The van der Waals surface area contributed by atoms with Gasteiger partial charge in [0.1, 0.15) is 5.82 Å². The molecule has 0 aliphatic carbocycles. The van der Waals surface area contributed by atoms with Crippen molar-refractivity contribution in [1.82, 2.24) is 15.1 Å². The van der Waals surface area contributed by atoms with E-state index in [-0.39, 0.29) is 23.5 Å². The second-order valence-electron chi connectivity index (χ2n) is 4.73. The maximum Gasteiger partial charge on any atom is 0.254 e. The number of hydrogen-bond acceptors (Lipinski definition) is 2. The van der Waals surface area contributed by atoms with Crippen molar-refractivity contribution in [3.8, 4) is 0 Å². The SMILES string of the molecule is CC(C)n1cc(C(=O)NCc2ccc(F)c(Cl)c2)cn1. The van der Waals surface area contributed by atoms with Gasteiger partial charge in [-0.3, -0.25) is 9.48 Å². The van der Waals surface area contributed by atoms with Gasteiger partial charge in [-0.05, 0) is 31.5 Å². The zero-order valence-electron chi connectivity index (χ0n) is 11.2. The lowest BCUT2D eigenvalue weighted by Crippen LogP contribution is -2.22. The number of nitrogens with zero attached hydrogens (tertiary/aromatic N) is 2. The van der Waals surface area contributed by atoms with Gasteiger partial charge in [0.15, 0.2) is 0 Å². The number of hydrogen-bond donors (Lipinski definition) is 1. The third kappa shape index (κ3) is 3.36. The highest BCUT2D eigenvalue weighted by molar-refractivity contribution is 6.30. The quantitative estimate of drug-likeness (QED) is 0.941. The van der Waals surface area contributed by atoms with Gasteiger partial charge in [-0.15, -0.1) is 0 Å². The molecule has 0 aliphatic heterocycles. The van der Waals surface area contributed by atoms with E-state index in [0.29, 0.717) is 5.56 Å². The largest absolute Gasteiger partial charge is 0.348 e. The molecule has 1 N–H and O–H groups in total. The Morgan fingerprint density at radius 3 is 2.85 bits per heavy atom. The van der Waals surface area contributed by atoms with E-state index in [1.165, 1.54) is 18.3 Å². The summed E-state index contributed by atoms with van der Waals surface area (Å²) in [6.45, 7) is 4.25. The van der Waals surface area contributed by atoms with E-state index >= 15 is 0 Å². The minimum absolute atomic E-state index is 0.0457. The summed E-state index contributed by atoms with van der Waals surface area (Å²) >= 11 is 5.68. The summed E-state index contributed by atoms with van der Waals surface area (Å²) in [6, 6.07) is 4.56. The van der Waals surface area contributed by atoms with Crippen molar-refractivity contribution in [2.45, 2.75) is 26.4 Å². The van der Waals surface area contributed by atoms with Gasteiger partial charge in [0.25, 0.3) is 5.91 Å². The zero-order chi connectivity index (χ0) is 14.7. The molecule has 0 fully saturated rings. The van der Waals surface area contributed by atoms with Gasteiger partial charge in [0.2, 0.25) is 0 Å². The molecule has 20 heavy (non-hydrogen) atoms. The molecule has 0 saturated heterocycles. The molecule has 0 unspecified atom stereocenters. The Bertz CT molecular complexity index is 625. The Hall–Kier alpha value is -1.88. The highest BCUT2D eigenvalue weighted by Crippen LogP contribution is 2.16. The molecule has 1 amide bonds. The van der Waals surface area contributed by atoms with Crippen LogP contribution in [0, 0.1) is 5.82 Å². The van der Waals surface area contributed by atoms with E-state index in [9.17, 15) is 9.18 Å². The zero-order valence-corrected chi connectivity index (χ0v) is 12.0. The summed E-state index contributed by atoms with van der Waals surface area (Å²) in [7, 11) is 0. The van der Waals surface area contributed by atoms with Gasteiger partial charge >= 0.3 is 0 Å². The molecule has 106 valence electrons. The van der Waals surface area contributed by atoms with Crippen LogP contribution in [-0.2, 0) is 6.54 Å². The molecular weight excluding hydrogens is 281 g/mol. The van der Waals surface area contributed by atoms with Crippen LogP contribution in [0.2, 0.25) is 5.02 Å². The van der Waals surface area contributed by atoms with Crippen LogP contribution in [0.25, 0.3) is 0 Å². The summed E-state index contributed by atoms with van der Waals surface area (Å²) < 4.78 is 14.7. The van der Waals surface area contributed by atoms with E-state index in [0.717, 1.165) is 5.56 Å². The number of carbonyl (C=O) groups is 1. The predicted octanol–water partition coefficient (Wildman–Crippen LogP) is 3.19. The first kappa shape index (κ1) is 14.5. The van der Waals surface area contributed by atoms with Crippen LogP contribution in [-0.4, -0.2) is 15.7 Å². The molecule has 0 atom stereocenters. The van der Waals surface area contributed by atoms with Gasteiger partial charge in [-0.1, -0.05) is 17.7 Å². The van der Waals surface area contributed by atoms with Crippen LogP contribution in [0.3, 0.4) is 0 Å². The average molecular weight is 296 g/mol. The number of nitrogens with one attached hydrogen (secondary N) is 1. The Morgan fingerprint density at radius 2 is 2.25 bits per heavy atom. The lowest BCUT2D eigenvalue weighted by atomic mass is 10.2. The third-order valence-corrected chi connectivity index (χ3v) is 3.12. The summed E-state index contributed by atoms with van der Waals surface area (Å²) in [5.74, 6) is -0.697. The fourth-order valence-electron chi connectivity index (χ4n) is 1.67. The van der Waals surface area contributed by atoms with Crippen LogP contribution in [0.4, 0.5) is 4.39 Å². The number of carbonyl (C=O) groups excluding carboxylic acids is 1. The second-order valence-corrected chi connectivity index (χ2v) is 5.14. The smallest absolute Gasteiger partial charge is 0.254 e. The summed E-state index contributed by atoms with van der Waals surface area (Å²) in [5, 5.41) is 6.89. The Labute approximate surface area is 121 Å². The monoisotopic (exact) mass is 295 g/mol. The van der Waals surface area contributed by atoms with Crippen molar-refractivity contribution in [2.75, 3.05) is 0 Å². The molecule has 4 nitrogen and oxygen atoms in total. The van der Waals surface area contributed by atoms with Gasteiger partial charge in [0.05, 0.1) is 16.8 Å². The van der Waals surface area contributed by atoms with Crippen LogP contribution in [0.15, 0.2) is 30.6 Å². The summed E-state index contributed by atoms with van der Waals surface area (Å²) in [4.78, 5) is 11.9. The standard InChI is InChI=1S/C14H15ClFN3O/c1-9(2)19-8-11(7-18-19)14(20)17-6-10-3-4-13(16)12(15)5-10/h3-5,7-9H,6H2,1-2H3,(H,17,20). The van der Waals surface area contributed by atoms with Gasteiger partial charge < -0.3 is 5.32 Å². The molecule has 0 saturated carbocycles. The molecule has 0 bridgehead atoms. The van der Waals surface area contributed by atoms with Crippen molar-refractivity contribution in [1.29, 1.82) is 0 Å². The lowest BCUT2D eigenvalue weighted by Gasteiger charge is -2.05. The number of rotatable bonds is 4. The fourth-order valence-corrected chi connectivity index (χ4v) is 1.87. The normalized spacial score (nSPS) is 10.8. The molecule has 2 aromatic rings. The fraction of sp³-hybridized carbons (Fsp3) is 0.286. The molecule has 1 aromatic heterocycles. The van der Waals surface area contributed by atoms with Crippen LogP contribution < -0.4 is 5.32 Å². The lowest BCUT2D eigenvalue weighted by molar-refractivity contribution is 0.0951. The summed E-state index contributed by atoms with van der Waals surface area (Å²) in [5.41, 5.74) is 1.23. The second kappa shape index (κ2) is 6.05. The molecule has 0 aliphatic rings. The summed E-state index contributed by atoms with van der Waals surface area (Å²) in [6.07, 6.45) is 3.21. The van der Waals surface area contributed by atoms with Crippen molar-refractivity contribution in [3.63, 3.8) is 0 Å². The van der Waals surface area contributed by atoms with Crippen molar-refractivity contribution in [2.24, 2.45) is 0 Å². The number of halogens is 2. The first-order valence-electron chi connectivity index (χ1n) is 6.23. The van der Waals surface area contributed by atoms with E-state index in [1.807, 2.05) is 13.8 Å². The van der Waals surface area contributed by atoms with Crippen LogP contribution in [0.1, 0.15) is 35.8 Å². The molecule has 0 radical (unpaired) electrons. The minimum atomic E-state index is -0.472. The molecule has 0 spiro atoms. The number of benzene rings is 1. The molecule has 1 heterocycles. The van der Waals surface area contributed by atoms with Gasteiger partial charge in [-0.25, -0.2) is 4.39 Å². The van der Waals surface area contributed by atoms with Crippen molar-refractivity contribution >= 4 is 17.5 Å². The number of amides is 1.